The molecule has 2 nitrogen and oxygen atoms in total. The number of aliphatic imine (C=N–C) groups is 1. The van der Waals surface area contributed by atoms with Gasteiger partial charge in [-0.25, -0.2) is 0 Å². The van der Waals surface area contributed by atoms with E-state index in [4.69, 9.17) is 4.99 Å². The fourth-order valence-corrected chi connectivity index (χ4v) is 3.13. The van der Waals surface area contributed by atoms with Gasteiger partial charge in [-0.15, -0.1) is 0 Å². The predicted octanol–water partition coefficient (Wildman–Crippen LogP) is 5.46. The molecule has 1 unspecified atom stereocenters. The zero-order chi connectivity index (χ0) is 16.9. The Hall–Kier alpha value is -3.13. The van der Waals surface area contributed by atoms with Gasteiger partial charge in [0.25, 0.3) is 0 Å². The van der Waals surface area contributed by atoms with Gasteiger partial charge in [0.05, 0.1) is 5.70 Å². The molecule has 0 radical (unpaired) electrons. The van der Waals surface area contributed by atoms with Crippen LogP contribution in [-0.4, -0.2) is 12.8 Å². The SMILES string of the molecule is C(=N/C(=C\c1ccccc1)c1ccccc1)C1CNc2ccccc21. The summed E-state index contributed by atoms with van der Waals surface area (Å²) in [5.41, 5.74) is 5.80. The molecule has 0 amide bonds. The minimum atomic E-state index is 0.305. The average molecular weight is 324 g/mol. The molecule has 0 aromatic heterocycles. The Bertz CT molecular complexity index is 896. The maximum absolute atomic E-state index is 4.87. The van der Waals surface area contributed by atoms with Gasteiger partial charge in [-0.2, -0.15) is 0 Å². The van der Waals surface area contributed by atoms with Crippen molar-refractivity contribution in [2.45, 2.75) is 5.92 Å². The summed E-state index contributed by atoms with van der Waals surface area (Å²) in [6.45, 7) is 0.899. The highest BCUT2D eigenvalue weighted by Gasteiger charge is 2.19. The second-order valence-electron chi connectivity index (χ2n) is 6.16. The van der Waals surface area contributed by atoms with Gasteiger partial charge in [0.1, 0.15) is 0 Å². The van der Waals surface area contributed by atoms with E-state index in [1.54, 1.807) is 0 Å². The summed E-state index contributed by atoms with van der Waals surface area (Å²) in [6.07, 6.45) is 4.21. The van der Waals surface area contributed by atoms with E-state index >= 15 is 0 Å². The number of fused-ring (bicyclic) bond motifs is 1. The van der Waals surface area contributed by atoms with Crippen LogP contribution >= 0.6 is 0 Å². The normalized spacial score (nSPS) is 16.6. The van der Waals surface area contributed by atoms with Gasteiger partial charge in [0.15, 0.2) is 0 Å². The number of nitrogens with zero attached hydrogens (tertiary/aromatic N) is 1. The molecule has 0 bridgehead atoms. The molecule has 3 aromatic carbocycles. The van der Waals surface area contributed by atoms with E-state index < -0.39 is 0 Å². The highest BCUT2D eigenvalue weighted by Crippen LogP contribution is 2.30. The van der Waals surface area contributed by atoms with Crippen LogP contribution < -0.4 is 5.32 Å². The van der Waals surface area contributed by atoms with Crippen molar-refractivity contribution < 1.29 is 0 Å². The van der Waals surface area contributed by atoms with Gasteiger partial charge in [0, 0.05) is 29.9 Å². The summed E-state index contributed by atoms with van der Waals surface area (Å²) < 4.78 is 0. The van der Waals surface area contributed by atoms with Gasteiger partial charge in [-0.3, -0.25) is 4.99 Å². The minimum Gasteiger partial charge on any atom is -0.384 e. The summed E-state index contributed by atoms with van der Waals surface area (Å²) in [4.78, 5) is 4.87. The van der Waals surface area contributed by atoms with Crippen LogP contribution in [0, 0.1) is 0 Å². The quantitative estimate of drug-likeness (QED) is 0.500. The van der Waals surface area contributed by atoms with Crippen LogP contribution in [0.2, 0.25) is 0 Å². The number of anilines is 1. The zero-order valence-corrected chi connectivity index (χ0v) is 14.0. The topological polar surface area (TPSA) is 24.4 Å². The molecule has 1 heterocycles. The van der Waals surface area contributed by atoms with Crippen LogP contribution in [0.1, 0.15) is 22.6 Å². The molecular formula is C23H20N2. The van der Waals surface area contributed by atoms with Crippen molar-refractivity contribution in [2.75, 3.05) is 11.9 Å². The first-order valence-corrected chi connectivity index (χ1v) is 8.59. The molecule has 0 saturated carbocycles. The number of benzene rings is 3. The summed E-state index contributed by atoms with van der Waals surface area (Å²) in [5.74, 6) is 0.305. The first kappa shape index (κ1) is 15.4. The maximum Gasteiger partial charge on any atom is 0.0704 e. The van der Waals surface area contributed by atoms with Crippen molar-refractivity contribution in [1.29, 1.82) is 0 Å². The highest BCUT2D eigenvalue weighted by atomic mass is 14.9. The third-order valence-corrected chi connectivity index (χ3v) is 4.44. The Morgan fingerprint density at radius 3 is 2.32 bits per heavy atom. The van der Waals surface area contributed by atoms with E-state index in [1.165, 1.54) is 11.3 Å². The fourth-order valence-electron chi connectivity index (χ4n) is 3.13. The van der Waals surface area contributed by atoms with Gasteiger partial charge in [-0.05, 0) is 23.3 Å². The molecule has 4 rings (SSSR count). The molecule has 1 aliphatic rings. The molecule has 0 fully saturated rings. The zero-order valence-electron chi connectivity index (χ0n) is 14.0. The molecule has 0 aliphatic carbocycles. The Kier molecular flexibility index (Phi) is 4.42. The largest absolute Gasteiger partial charge is 0.384 e. The van der Waals surface area contributed by atoms with Gasteiger partial charge in [0.2, 0.25) is 0 Å². The van der Waals surface area contributed by atoms with Gasteiger partial charge in [-0.1, -0.05) is 78.9 Å². The molecule has 1 N–H and O–H groups in total. The van der Waals surface area contributed by atoms with Gasteiger partial charge >= 0.3 is 0 Å². The van der Waals surface area contributed by atoms with E-state index in [0.717, 1.165) is 23.4 Å². The number of para-hydroxylation sites is 1. The van der Waals surface area contributed by atoms with Crippen molar-refractivity contribution in [2.24, 2.45) is 4.99 Å². The molecule has 2 heteroatoms. The third kappa shape index (κ3) is 3.53. The average Bonchev–Trinajstić information content (AvgIpc) is 3.10. The van der Waals surface area contributed by atoms with Crippen LogP contribution in [0.4, 0.5) is 5.69 Å². The Balaban J connectivity index is 1.67. The molecular weight excluding hydrogens is 304 g/mol. The number of rotatable bonds is 4. The Morgan fingerprint density at radius 1 is 0.840 bits per heavy atom. The standard InChI is InChI=1S/C23H20N2/c1-3-9-18(10-4-1)15-23(19-11-5-2-6-12-19)25-17-20-16-24-22-14-8-7-13-21(20)22/h1-15,17,20,24H,16H2/b23-15-,25-17?. The number of hydrogen-bond donors (Lipinski definition) is 1. The smallest absolute Gasteiger partial charge is 0.0704 e. The second-order valence-corrected chi connectivity index (χ2v) is 6.16. The molecule has 3 aromatic rings. The molecule has 0 spiro atoms. The van der Waals surface area contributed by atoms with Crippen LogP contribution in [-0.2, 0) is 0 Å². The van der Waals surface area contributed by atoms with Crippen LogP contribution in [0.3, 0.4) is 0 Å². The lowest BCUT2D eigenvalue weighted by Crippen LogP contribution is -2.03. The molecule has 1 aliphatic heterocycles. The maximum atomic E-state index is 4.87. The van der Waals surface area contributed by atoms with Crippen LogP contribution in [0.5, 0.6) is 0 Å². The third-order valence-electron chi connectivity index (χ3n) is 4.44. The summed E-state index contributed by atoms with van der Waals surface area (Å²) in [7, 11) is 0. The molecule has 25 heavy (non-hydrogen) atoms. The summed E-state index contributed by atoms with van der Waals surface area (Å²) >= 11 is 0. The second kappa shape index (κ2) is 7.18. The van der Waals surface area contributed by atoms with Crippen molar-refractivity contribution in [1.82, 2.24) is 0 Å². The summed E-state index contributed by atoms with van der Waals surface area (Å²) in [5, 5.41) is 3.45. The van der Waals surface area contributed by atoms with Crippen molar-refractivity contribution >= 4 is 23.7 Å². The fraction of sp³-hybridized carbons (Fsp3) is 0.0870. The monoisotopic (exact) mass is 324 g/mol. The first-order valence-electron chi connectivity index (χ1n) is 8.59. The van der Waals surface area contributed by atoms with E-state index in [-0.39, 0.29) is 0 Å². The molecule has 122 valence electrons. The highest BCUT2D eigenvalue weighted by molar-refractivity contribution is 5.87. The van der Waals surface area contributed by atoms with Crippen LogP contribution in [0.15, 0.2) is 89.9 Å². The lowest BCUT2D eigenvalue weighted by Gasteiger charge is -2.06. The van der Waals surface area contributed by atoms with Gasteiger partial charge < -0.3 is 5.32 Å². The molecule has 0 saturated heterocycles. The molecule has 1 atom stereocenters. The van der Waals surface area contributed by atoms with E-state index in [9.17, 15) is 0 Å². The van der Waals surface area contributed by atoms with Crippen LogP contribution in [0.25, 0.3) is 11.8 Å². The first-order chi connectivity index (χ1) is 12.4. The van der Waals surface area contributed by atoms with E-state index in [0.29, 0.717) is 5.92 Å². The Morgan fingerprint density at radius 2 is 1.52 bits per heavy atom. The predicted molar refractivity (Wildman–Crippen MR) is 107 cm³/mol. The lowest BCUT2D eigenvalue weighted by molar-refractivity contribution is 1.02. The van der Waals surface area contributed by atoms with Crippen molar-refractivity contribution in [3.8, 4) is 0 Å². The Labute approximate surface area is 148 Å². The van der Waals surface area contributed by atoms with E-state index in [2.05, 4.69) is 90.4 Å². The number of nitrogens with one attached hydrogen (secondary N) is 1. The van der Waals surface area contributed by atoms with Crippen molar-refractivity contribution in [3.05, 3.63) is 102 Å². The minimum absolute atomic E-state index is 0.305. The number of hydrogen-bond acceptors (Lipinski definition) is 2. The summed E-state index contributed by atoms with van der Waals surface area (Å²) in [6, 6.07) is 29.1. The van der Waals surface area contributed by atoms with Crippen molar-refractivity contribution in [3.63, 3.8) is 0 Å². The van der Waals surface area contributed by atoms with E-state index in [1.807, 2.05) is 12.1 Å². The lowest BCUT2D eigenvalue weighted by atomic mass is 10.0.